The zero-order chi connectivity index (χ0) is 18.6. The van der Waals surface area contributed by atoms with Crippen LogP contribution in [0.15, 0.2) is 64.4 Å². The molecule has 0 unspecified atom stereocenters. The minimum absolute atomic E-state index is 0.136. The number of oxime groups is 1. The van der Waals surface area contributed by atoms with E-state index in [0.29, 0.717) is 22.6 Å². The van der Waals surface area contributed by atoms with Gasteiger partial charge in [0.2, 0.25) is 5.89 Å². The number of hydrogen-bond acceptors (Lipinski definition) is 5. The lowest BCUT2D eigenvalue weighted by Crippen LogP contribution is -2.04. The van der Waals surface area contributed by atoms with Crippen molar-refractivity contribution in [3.63, 3.8) is 0 Å². The summed E-state index contributed by atoms with van der Waals surface area (Å²) in [5.41, 5.74) is 0.926. The first-order chi connectivity index (χ1) is 12.5. The van der Waals surface area contributed by atoms with Crippen LogP contribution in [0, 0.1) is 0 Å². The molecule has 1 heterocycles. The van der Waals surface area contributed by atoms with E-state index in [9.17, 15) is 13.2 Å². The molecule has 3 rings (SSSR count). The van der Waals surface area contributed by atoms with E-state index in [4.69, 9.17) is 14.4 Å². The number of alkyl halides is 3. The van der Waals surface area contributed by atoms with Crippen molar-refractivity contribution in [3.8, 4) is 17.2 Å². The second kappa shape index (κ2) is 7.30. The van der Waals surface area contributed by atoms with Gasteiger partial charge in [-0.05, 0) is 54.1 Å². The van der Waals surface area contributed by atoms with Gasteiger partial charge in [0.15, 0.2) is 0 Å². The molecule has 0 aliphatic carbocycles. The van der Waals surface area contributed by atoms with Gasteiger partial charge in [-0.2, -0.15) is 13.2 Å². The first-order valence-corrected chi connectivity index (χ1v) is 7.48. The number of oxazole rings is 1. The number of ether oxygens (including phenoxy) is 1. The molecule has 2 aromatic carbocycles. The molecule has 0 bridgehead atoms. The molecule has 3 aromatic rings. The molecule has 0 saturated carbocycles. The fourth-order valence-electron chi connectivity index (χ4n) is 2.18. The van der Waals surface area contributed by atoms with E-state index in [0.717, 1.165) is 12.1 Å². The van der Waals surface area contributed by atoms with Crippen molar-refractivity contribution in [2.45, 2.75) is 12.8 Å². The monoisotopic (exact) mass is 362 g/mol. The van der Waals surface area contributed by atoms with Crippen molar-refractivity contribution in [3.05, 3.63) is 71.6 Å². The third-order valence-corrected chi connectivity index (χ3v) is 3.48. The van der Waals surface area contributed by atoms with Gasteiger partial charge < -0.3 is 14.4 Å². The van der Waals surface area contributed by atoms with Crippen molar-refractivity contribution in [1.29, 1.82) is 0 Å². The van der Waals surface area contributed by atoms with Crippen molar-refractivity contribution in [2.24, 2.45) is 5.16 Å². The number of nitrogens with zero attached hydrogens (tertiary/aromatic N) is 2. The number of aromatic nitrogens is 1. The Morgan fingerprint density at radius 2 is 1.77 bits per heavy atom. The van der Waals surface area contributed by atoms with Crippen molar-refractivity contribution in [2.75, 3.05) is 0 Å². The number of rotatable bonds is 5. The zero-order valence-corrected chi connectivity index (χ0v) is 13.3. The molecule has 0 spiro atoms. The van der Waals surface area contributed by atoms with Gasteiger partial charge in [-0.15, -0.1) is 0 Å². The Bertz CT molecular complexity index is 885. The van der Waals surface area contributed by atoms with Crippen LogP contribution in [-0.2, 0) is 12.8 Å². The first kappa shape index (κ1) is 17.5. The van der Waals surface area contributed by atoms with Gasteiger partial charge in [-0.1, -0.05) is 5.16 Å². The number of halogens is 3. The second-order valence-corrected chi connectivity index (χ2v) is 5.32. The van der Waals surface area contributed by atoms with Gasteiger partial charge in [0.1, 0.15) is 24.3 Å². The molecule has 5 nitrogen and oxygen atoms in total. The molecule has 0 aliphatic rings. The molecule has 8 heteroatoms. The highest BCUT2D eigenvalue weighted by Gasteiger charge is 2.30. The van der Waals surface area contributed by atoms with Crippen LogP contribution in [0.2, 0.25) is 0 Å². The maximum atomic E-state index is 12.6. The van der Waals surface area contributed by atoms with E-state index in [1.54, 1.807) is 24.3 Å². The Hall–Kier alpha value is -3.29. The van der Waals surface area contributed by atoms with Gasteiger partial charge >= 0.3 is 6.18 Å². The van der Waals surface area contributed by atoms with Gasteiger partial charge in [0.25, 0.3) is 0 Å². The SMILES string of the molecule is O/N=C/c1ccc(OCc2coc(-c3ccc(C(F)(F)F)cc3)n2)cc1. The minimum atomic E-state index is -4.38. The summed E-state index contributed by atoms with van der Waals surface area (Å²) in [4.78, 5) is 4.21. The Balaban J connectivity index is 1.64. The lowest BCUT2D eigenvalue weighted by atomic mass is 10.1. The predicted octanol–water partition coefficient (Wildman–Crippen LogP) is 4.75. The summed E-state index contributed by atoms with van der Waals surface area (Å²) in [7, 11) is 0. The standard InChI is InChI=1S/C18H13F3N2O3/c19-18(20,21)14-5-3-13(4-6-14)17-23-15(11-26-17)10-25-16-7-1-12(2-8-16)9-22-24/h1-9,11,24H,10H2/b22-9+. The molecule has 0 saturated heterocycles. The highest BCUT2D eigenvalue weighted by molar-refractivity contribution is 5.79. The molecule has 0 atom stereocenters. The van der Waals surface area contributed by atoms with Gasteiger partial charge in [-0.3, -0.25) is 0 Å². The summed E-state index contributed by atoms with van der Waals surface area (Å²) in [5, 5.41) is 11.4. The third kappa shape index (κ3) is 4.21. The van der Waals surface area contributed by atoms with E-state index in [1.807, 2.05) is 0 Å². The largest absolute Gasteiger partial charge is 0.487 e. The van der Waals surface area contributed by atoms with Crippen molar-refractivity contribution in [1.82, 2.24) is 4.98 Å². The maximum Gasteiger partial charge on any atom is 0.416 e. The summed E-state index contributed by atoms with van der Waals surface area (Å²) < 4.78 is 48.6. The van der Waals surface area contributed by atoms with Crippen LogP contribution in [-0.4, -0.2) is 16.4 Å². The van der Waals surface area contributed by atoms with Crippen LogP contribution in [0.25, 0.3) is 11.5 Å². The Morgan fingerprint density at radius 1 is 1.08 bits per heavy atom. The van der Waals surface area contributed by atoms with Crippen LogP contribution >= 0.6 is 0 Å². The van der Waals surface area contributed by atoms with E-state index in [2.05, 4.69) is 10.1 Å². The fourth-order valence-corrected chi connectivity index (χ4v) is 2.18. The van der Waals surface area contributed by atoms with Crippen LogP contribution < -0.4 is 4.74 Å². The number of benzene rings is 2. The molecule has 1 aromatic heterocycles. The van der Waals surface area contributed by atoms with Crippen LogP contribution in [0.3, 0.4) is 0 Å². The van der Waals surface area contributed by atoms with Crippen LogP contribution in [0.1, 0.15) is 16.8 Å². The highest BCUT2D eigenvalue weighted by Crippen LogP contribution is 2.30. The quantitative estimate of drug-likeness (QED) is 0.404. The molecule has 0 amide bonds. The van der Waals surface area contributed by atoms with Crippen LogP contribution in [0.4, 0.5) is 13.2 Å². The minimum Gasteiger partial charge on any atom is -0.487 e. The summed E-state index contributed by atoms with van der Waals surface area (Å²) in [6.07, 6.45) is -1.70. The molecule has 0 fully saturated rings. The summed E-state index contributed by atoms with van der Waals surface area (Å²) >= 11 is 0. The summed E-state index contributed by atoms with van der Waals surface area (Å²) in [6, 6.07) is 11.4. The average molecular weight is 362 g/mol. The van der Waals surface area contributed by atoms with E-state index in [1.165, 1.54) is 24.6 Å². The molecule has 134 valence electrons. The normalized spacial score (nSPS) is 11.8. The van der Waals surface area contributed by atoms with Crippen molar-refractivity contribution < 1.29 is 27.5 Å². The predicted molar refractivity (Wildman–Crippen MR) is 87.1 cm³/mol. The molecular weight excluding hydrogens is 349 g/mol. The molecule has 26 heavy (non-hydrogen) atoms. The average Bonchev–Trinajstić information content (AvgIpc) is 3.10. The lowest BCUT2D eigenvalue weighted by molar-refractivity contribution is -0.137. The Labute approximate surface area is 146 Å². The van der Waals surface area contributed by atoms with E-state index >= 15 is 0 Å². The highest BCUT2D eigenvalue weighted by atomic mass is 19.4. The summed E-state index contributed by atoms with van der Waals surface area (Å²) in [6.45, 7) is 0.136. The lowest BCUT2D eigenvalue weighted by Gasteiger charge is -2.06. The first-order valence-electron chi connectivity index (χ1n) is 7.48. The summed E-state index contributed by atoms with van der Waals surface area (Å²) in [5.74, 6) is 0.797. The zero-order valence-electron chi connectivity index (χ0n) is 13.3. The van der Waals surface area contributed by atoms with Crippen LogP contribution in [0.5, 0.6) is 5.75 Å². The topological polar surface area (TPSA) is 67.9 Å². The smallest absolute Gasteiger partial charge is 0.416 e. The van der Waals surface area contributed by atoms with Gasteiger partial charge in [-0.25, -0.2) is 4.98 Å². The van der Waals surface area contributed by atoms with Crippen molar-refractivity contribution >= 4 is 6.21 Å². The Kier molecular flexibility index (Phi) is 4.92. The maximum absolute atomic E-state index is 12.6. The molecule has 0 radical (unpaired) electrons. The van der Waals surface area contributed by atoms with E-state index in [-0.39, 0.29) is 12.5 Å². The second-order valence-electron chi connectivity index (χ2n) is 5.32. The molecule has 0 aliphatic heterocycles. The van der Waals surface area contributed by atoms with Gasteiger partial charge in [0, 0.05) is 5.56 Å². The number of hydrogen-bond donors (Lipinski definition) is 1. The van der Waals surface area contributed by atoms with E-state index < -0.39 is 11.7 Å². The fraction of sp³-hybridized carbons (Fsp3) is 0.111. The molecule has 1 N–H and O–H groups in total. The Morgan fingerprint density at radius 3 is 2.38 bits per heavy atom. The third-order valence-electron chi connectivity index (χ3n) is 3.48. The molecular formula is C18H13F3N2O3. The van der Waals surface area contributed by atoms with Gasteiger partial charge in [0.05, 0.1) is 11.8 Å².